The predicted molar refractivity (Wildman–Crippen MR) is 65.1 cm³/mol. The van der Waals surface area contributed by atoms with E-state index in [1.54, 1.807) is 0 Å². The van der Waals surface area contributed by atoms with Crippen LogP contribution in [0.5, 0.6) is 0 Å². The fraction of sp³-hybridized carbons (Fsp3) is 0.417. The lowest BCUT2D eigenvalue weighted by Gasteiger charge is -2.23. The summed E-state index contributed by atoms with van der Waals surface area (Å²) in [6.07, 6.45) is -0.863. The summed E-state index contributed by atoms with van der Waals surface area (Å²) in [6.45, 7) is 3.08. The molecule has 1 aromatic carbocycles. The van der Waals surface area contributed by atoms with Crippen molar-refractivity contribution >= 4 is 21.9 Å². The molecule has 0 aliphatic carbocycles. The van der Waals surface area contributed by atoms with Crippen molar-refractivity contribution < 1.29 is 19.4 Å². The van der Waals surface area contributed by atoms with Gasteiger partial charge in [-0.25, -0.2) is 4.39 Å². The third-order valence-electron chi connectivity index (χ3n) is 2.61. The first-order valence-electron chi connectivity index (χ1n) is 5.10. The molecule has 94 valence electrons. The van der Waals surface area contributed by atoms with Gasteiger partial charge in [0, 0.05) is 0 Å². The normalized spacial score (nSPS) is 13.5. The highest BCUT2D eigenvalue weighted by molar-refractivity contribution is 9.10. The molecule has 0 radical (unpaired) electrons. The summed E-state index contributed by atoms with van der Waals surface area (Å²) in [5.74, 6) is -1.39. The number of aliphatic carboxylic acids is 1. The molecular formula is C12H14BrFO3. The topological polar surface area (TPSA) is 57.5 Å². The molecule has 1 rings (SSSR count). The van der Waals surface area contributed by atoms with E-state index in [0.29, 0.717) is 5.56 Å². The minimum absolute atomic E-state index is 0.0698. The van der Waals surface area contributed by atoms with Crippen LogP contribution in [0.1, 0.15) is 31.9 Å². The molecule has 3 nitrogen and oxygen atoms in total. The number of carbonyl (C=O) groups is 1. The van der Waals surface area contributed by atoms with Crippen LogP contribution in [0, 0.1) is 11.2 Å². The second kappa shape index (κ2) is 5.14. The van der Waals surface area contributed by atoms with Gasteiger partial charge in [0.2, 0.25) is 0 Å². The molecule has 0 bridgehead atoms. The van der Waals surface area contributed by atoms with Crippen LogP contribution in [-0.2, 0) is 4.79 Å². The van der Waals surface area contributed by atoms with Crippen molar-refractivity contribution in [1.29, 1.82) is 0 Å². The largest absolute Gasteiger partial charge is 0.481 e. The van der Waals surface area contributed by atoms with Crippen LogP contribution < -0.4 is 0 Å². The van der Waals surface area contributed by atoms with Crippen molar-refractivity contribution in [2.45, 2.75) is 26.4 Å². The third kappa shape index (κ3) is 3.51. The molecule has 1 aromatic rings. The minimum Gasteiger partial charge on any atom is -0.481 e. The van der Waals surface area contributed by atoms with E-state index in [4.69, 9.17) is 5.11 Å². The molecule has 5 heteroatoms. The van der Waals surface area contributed by atoms with Crippen molar-refractivity contribution in [3.05, 3.63) is 34.1 Å². The Morgan fingerprint density at radius 1 is 1.53 bits per heavy atom. The number of carboxylic acid groups (broad SMARTS) is 1. The van der Waals surface area contributed by atoms with Gasteiger partial charge in [0.1, 0.15) is 5.82 Å². The molecule has 1 atom stereocenters. The summed E-state index contributed by atoms with van der Waals surface area (Å²) < 4.78 is 13.3. The molecular weight excluding hydrogens is 291 g/mol. The molecule has 0 fully saturated rings. The Morgan fingerprint density at radius 3 is 2.59 bits per heavy atom. The lowest BCUT2D eigenvalue weighted by Crippen LogP contribution is -2.26. The van der Waals surface area contributed by atoms with Crippen LogP contribution in [0.15, 0.2) is 22.7 Å². The van der Waals surface area contributed by atoms with E-state index in [-0.39, 0.29) is 10.9 Å². The van der Waals surface area contributed by atoms with E-state index in [1.165, 1.54) is 32.0 Å². The molecule has 0 amide bonds. The lowest BCUT2D eigenvalue weighted by molar-refractivity contribution is -0.148. The van der Waals surface area contributed by atoms with Crippen molar-refractivity contribution in [2.75, 3.05) is 0 Å². The van der Waals surface area contributed by atoms with Gasteiger partial charge in [0.05, 0.1) is 16.0 Å². The lowest BCUT2D eigenvalue weighted by atomic mass is 9.85. The Balaban J connectivity index is 2.87. The maximum Gasteiger partial charge on any atom is 0.309 e. The maximum atomic E-state index is 13.0. The van der Waals surface area contributed by atoms with Gasteiger partial charge < -0.3 is 10.2 Å². The molecule has 17 heavy (non-hydrogen) atoms. The van der Waals surface area contributed by atoms with E-state index < -0.39 is 23.3 Å². The van der Waals surface area contributed by atoms with Crippen molar-refractivity contribution in [1.82, 2.24) is 0 Å². The van der Waals surface area contributed by atoms with Gasteiger partial charge in [-0.05, 0) is 53.9 Å². The first-order valence-corrected chi connectivity index (χ1v) is 5.90. The zero-order valence-corrected chi connectivity index (χ0v) is 11.2. The quantitative estimate of drug-likeness (QED) is 0.898. The van der Waals surface area contributed by atoms with E-state index in [0.717, 1.165) is 0 Å². The molecule has 1 unspecified atom stereocenters. The number of carboxylic acids is 1. The molecule has 0 saturated heterocycles. The van der Waals surface area contributed by atoms with E-state index in [1.807, 2.05) is 0 Å². The van der Waals surface area contributed by atoms with E-state index >= 15 is 0 Å². The van der Waals surface area contributed by atoms with Crippen molar-refractivity contribution in [3.8, 4) is 0 Å². The number of rotatable bonds is 4. The molecule has 0 aliphatic heterocycles. The Bertz CT molecular complexity index is 432. The number of halogens is 2. The molecule has 0 spiro atoms. The monoisotopic (exact) mass is 304 g/mol. The standard InChI is InChI=1S/C12H14BrFO3/c1-12(2,11(16)17)6-10(15)7-3-4-9(14)8(13)5-7/h3-5,10,15H,6H2,1-2H3,(H,16,17). The Labute approximate surface area is 107 Å². The highest BCUT2D eigenvalue weighted by Crippen LogP contribution is 2.31. The van der Waals surface area contributed by atoms with Gasteiger partial charge in [-0.3, -0.25) is 4.79 Å². The second-order valence-corrected chi connectivity index (χ2v) is 5.44. The van der Waals surface area contributed by atoms with Gasteiger partial charge in [0.15, 0.2) is 0 Å². The van der Waals surface area contributed by atoms with Crippen LogP contribution >= 0.6 is 15.9 Å². The minimum atomic E-state index is -1.03. The molecule has 0 heterocycles. The zero-order chi connectivity index (χ0) is 13.2. The number of aliphatic hydroxyl groups is 1. The predicted octanol–water partition coefficient (Wildman–Crippen LogP) is 3.12. The van der Waals surface area contributed by atoms with Gasteiger partial charge in [-0.15, -0.1) is 0 Å². The van der Waals surface area contributed by atoms with Gasteiger partial charge in [-0.2, -0.15) is 0 Å². The molecule has 0 saturated carbocycles. The fourth-order valence-electron chi connectivity index (χ4n) is 1.41. The SMILES string of the molecule is CC(C)(CC(O)c1ccc(F)c(Br)c1)C(=O)O. The maximum absolute atomic E-state index is 13.0. The smallest absolute Gasteiger partial charge is 0.309 e. The van der Waals surface area contributed by atoms with Crippen LogP contribution in [0.3, 0.4) is 0 Å². The summed E-state index contributed by atoms with van der Waals surface area (Å²) in [6, 6.07) is 4.14. The second-order valence-electron chi connectivity index (χ2n) is 4.58. The molecule has 0 aliphatic rings. The average Bonchev–Trinajstić information content (AvgIpc) is 2.21. The molecule has 0 aromatic heterocycles. The van der Waals surface area contributed by atoms with Crippen molar-refractivity contribution in [2.24, 2.45) is 5.41 Å². The summed E-state index contributed by atoms with van der Waals surface area (Å²) in [5, 5.41) is 18.9. The molecule has 2 N–H and O–H groups in total. The summed E-state index contributed by atoms with van der Waals surface area (Å²) >= 11 is 3.02. The van der Waals surface area contributed by atoms with Crippen molar-refractivity contribution in [3.63, 3.8) is 0 Å². The van der Waals surface area contributed by atoms with Gasteiger partial charge in [-0.1, -0.05) is 6.07 Å². The number of aliphatic hydroxyl groups excluding tert-OH is 1. The van der Waals surface area contributed by atoms with E-state index in [2.05, 4.69) is 15.9 Å². The van der Waals surface area contributed by atoms with Crippen LogP contribution in [0.2, 0.25) is 0 Å². The number of hydrogen-bond acceptors (Lipinski definition) is 2. The summed E-state index contributed by atoms with van der Waals surface area (Å²) in [5.41, 5.74) is -0.534. The van der Waals surface area contributed by atoms with Crippen LogP contribution in [0.25, 0.3) is 0 Å². The van der Waals surface area contributed by atoms with Gasteiger partial charge in [0.25, 0.3) is 0 Å². The van der Waals surface area contributed by atoms with Crippen LogP contribution in [0.4, 0.5) is 4.39 Å². The Morgan fingerprint density at radius 2 is 2.12 bits per heavy atom. The first kappa shape index (κ1) is 14.1. The third-order valence-corrected chi connectivity index (χ3v) is 3.22. The average molecular weight is 305 g/mol. The van der Waals surface area contributed by atoms with Gasteiger partial charge >= 0.3 is 5.97 Å². The van der Waals surface area contributed by atoms with Crippen LogP contribution in [-0.4, -0.2) is 16.2 Å². The first-order chi connectivity index (χ1) is 7.74. The highest BCUT2D eigenvalue weighted by atomic mass is 79.9. The highest BCUT2D eigenvalue weighted by Gasteiger charge is 2.30. The summed E-state index contributed by atoms with van der Waals surface area (Å²) in [4.78, 5) is 10.9. The fourth-order valence-corrected chi connectivity index (χ4v) is 1.80. The number of hydrogen-bond donors (Lipinski definition) is 2. The van der Waals surface area contributed by atoms with E-state index in [9.17, 15) is 14.3 Å². The Kier molecular flexibility index (Phi) is 4.27. The summed E-state index contributed by atoms with van der Waals surface area (Å²) in [7, 11) is 0. The zero-order valence-electron chi connectivity index (χ0n) is 9.58. The number of benzene rings is 1. The Hall–Kier alpha value is -0.940.